The molecular weight excluding hydrogens is 354 g/mol. The highest BCUT2D eigenvalue weighted by Crippen LogP contribution is 2.38. The third kappa shape index (κ3) is 3.41. The first kappa shape index (κ1) is 19.0. The fraction of sp³-hybridized carbons (Fsp3) is 0.688. The van der Waals surface area contributed by atoms with E-state index in [1.54, 1.807) is 4.57 Å². The van der Waals surface area contributed by atoms with E-state index in [0.717, 1.165) is 0 Å². The zero-order valence-electron chi connectivity index (χ0n) is 15.8. The number of aliphatic hydroxyl groups is 1. The van der Waals surface area contributed by atoms with Gasteiger partial charge in [0.15, 0.2) is 19.5 Å². The molecule has 0 aromatic carbocycles. The molecule has 4 N–H and O–H groups in total. The number of aliphatic hydroxyl groups excluding tert-OH is 1. The van der Waals surface area contributed by atoms with Gasteiger partial charge >= 0.3 is 0 Å². The number of nitrogens with zero attached hydrogens (tertiary/aromatic N) is 3. The molecule has 0 aliphatic carbocycles. The number of rotatable bonds is 4. The average Bonchev–Trinajstić information content (AvgIpc) is 3.07. The first-order valence-electron chi connectivity index (χ1n) is 8.69. The van der Waals surface area contributed by atoms with Crippen LogP contribution in [0.5, 0.6) is 0 Å². The number of hydrogen-bond donors (Lipinski definition) is 3. The summed E-state index contributed by atoms with van der Waals surface area (Å²) in [5, 5.41) is 10.5. The van der Waals surface area contributed by atoms with Crippen LogP contribution >= 0.6 is 0 Å². The summed E-state index contributed by atoms with van der Waals surface area (Å²) >= 11 is 0. The van der Waals surface area contributed by atoms with Crippen LogP contribution < -0.4 is 11.3 Å². The van der Waals surface area contributed by atoms with E-state index in [1.165, 1.54) is 6.33 Å². The number of nitrogen functional groups attached to an aromatic ring is 1. The van der Waals surface area contributed by atoms with E-state index in [9.17, 15) is 9.90 Å². The van der Waals surface area contributed by atoms with Gasteiger partial charge in [0.1, 0.15) is 12.3 Å². The molecule has 1 aliphatic rings. The van der Waals surface area contributed by atoms with Gasteiger partial charge in [-0.25, -0.2) is 4.98 Å². The lowest BCUT2D eigenvalue weighted by Gasteiger charge is -2.37. The van der Waals surface area contributed by atoms with Crippen molar-refractivity contribution in [2.45, 2.75) is 63.8 Å². The van der Waals surface area contributed by atoms with E-state index in [-0.39, 0.29) is 16.5 Å². The summed E-state index contributed by atoms with van der Waals surface area (Å²) in [7, 11) is -1.93. The first-order valence-corrected chi connectivity index (χ1v) is 11.6. The Morgan fingerprint density at radius 3 is 2.85 bits per heavy atom. The molecule has 2 aromatic rings. The molecule has 1 aliphatic heterocycles. The zero-order valence-corrected chi connectivity index (χ0v) is 16.8. The number of nitrogens with one attached hydrogen (secondary N) is 1. The van der Waals surface area contributed by atoms with Gasteiger partial charge in [0, 0.05) is 6.42 Å². The van der Waals surface area contributed by atoms with Crippen LogP contribution in [0.4, 0.5) is 5.95 Å². The van der Waals surface area contributed by atoms with Gasteiger partial charge in [-0.3, -0.25) is 14.3 Å². The largest absolute Gasteiger partial charge is 0.414 e. The van der Waals surface area contributed by atoms with Crippen molar-refractivity contribution in [3.63, 3.8) is 0 Å². The topological polar surface area (TPSA) is 128 Å². The Hall–Kier alpha value is -1.75. The number of anilines is 1. The molecule has 1 saturated heterocycles. The molecule has 0 unspecified atom stereocenters. The SMILES string of the molecule is CC(C)(C)[Si](C)(C)OC[C@@H]1O[C@H](n2cnc3c(=O)[nH]c(N)nc32)C[C@@H]1O. The highest BCUT2D eigenvalue weighted by molar-refractivity contribution is 6.74. The monoisotopic (exact) mass is 381 g/mol. The summed E-state index contributed by atoms with van der Waals surface area (Å²) in [6.07, 6.45) is 0.274. The first-order chi connectivity index (χ1) is 12.0. The van der Waals surface area contributed by atoms with Crippen LogP contribution in [0.1, 0.15) is 33.4 Å². The van der Waals surface area contributed by atoms with Gasteiger partial charge in [-0.1, -0.05) is 20.8 Å². The minimum absolute atomic E-state index is 0.0144. The average molecular weight is 382 g/mol. The standard InChI is InChI=1S/C16H27N5O4Si/c1-16(2,3)26(4,5)24-7-10-9(22)6-11(25-10)21-8-18-12-13(21)19-15(17)20-14(12)23/h8-11,22H,6-7H2,1-5H3,(H3,17,19,20,23)/t9-,10-,11-/m0/s1. The molecule has 10 heteroatoms. The Kier molecular flexibility index (Phi) is 4.72. The van der Waals surface area contributed by atoms with Crippen LogP contribution in [0.3, 0.4) is 0 Å². The molecule has 26 heavy (non-hydrogen) atoms. The Labute approximate surface area is 152 Å². The Morgan fingerprint density at radius 1 is 1.50 bits per heavy atom. The van der Waals surface area contributed by atoms with Gasteiger partial charge in [-0.15, -0.1) is 0 Å². The minimum atomic E-state index is -1.93. The number of aromatic nitrogens is 4. The molecule has 0 radical (unpaired) electrons. The molecule has 9 nitrogen and oxygen atoms in total. The van der Waals surface area contributed by atoms with E-state index in [4.69, 9.17) is 14.9 Å². The molecule has 144 valence electrons. The molecule has 3 rings (SSSR count). The third-order valence-electron chi connectivity index (χ3n) is 5.38. The van der Waals surface area contributed by atoms with Gasteiger partial charge in [0.05, 0.1) is 19.0 Å². The van der Waals surface area contributed by atoms with E-state index >= 15 is 0 Å². The Morgan fingerprint density at radius 2 is 2.19 bits per heavy atom. The van der Waals surface area contributed by atoms with Crippen molar-refractivity contribution in [3.8, 4) is 0 Å². The van der Waals surface area contributed by atoms with Gasteiger partial charge in [-0.05, 0) is 18.1 Å². The number of fused-ring (bicyclic) bond motifs is 1. The molecule has 1 fully saturated rings. The highest BCUT2D eigenvalue weighted by Gasteiger charge is 2.41. The predicted molar refractivity (Wildman–Crippen MR) is 100 cm³/mol. The lowest BCUT2D eigenvalue weighted by molar-refractivity contribution is -0.0405. The molecule has 3 atom stereocenters. The fourth-order valence-electron chi connectivity index (χ4n) is 2.70. The van der Waals surface area contributed by atoms with E-state index in [2.05, 4.69) is 48.8 Å². The smallest absolute Gasteiger partial charge is 0.280 e. The van der Waals surface area contributed by atoms with Crippen LogP contribution in [0.25, 0.3) is 11.2 Å². The predicted octanol–water partition coefficient (Wildman–Crippen LogP) is 1.37. The fourth-order valence-corrected chi connectivity index (χ4v) is 3.71. The number of aromatic amines is 1. The van der Waals surface area contributed by atoms with Crippen LogP contribution in [-0.2, 0) is 9.16 Å². The highest BCUT2D eigenvalue weighted by atomic mass is 28.4. The van der Waals surface area contributed by atoms with Crippen molar-refractivity contribution in [1.82, 2.24) is 19.5 Å². The van der Waals surface area contributed by atoms with E-state index < -0.39 is 32.3 Å². The maximum atomic E-state index is 11.9. The zero-order chi connectivity index (χ0) is 19.3. The van der Waals surface area contributed by atoms with Crippen LogP contribution in [0.15, 0.2) is 11.1 Å². The van der Waals surface area contributed by atoms with Crippen molar-refractivity contribution in [2.75, 3.05) is 12.3 Å². The van der Waals surface area contributed by atoms with Crippen molar-refractivity contribution in [1.29, 1.82) is 0 Å². The Balaban J connectivity index is 1.76. The normalized spacial score (nSPS) is 24.5. The van der Waals surface area contributed by atoms with E-state index in [1.807, 2.05) is 0 Å². The lowest BCUT2D eigenvalue weighted by Crippen LogP contribution is -2.43. The minimum Gasteiger partial charge on any atom is -0.414 e. The third-order valence-corrected chi connectivity index (χ3v) is 9.88. The molecule has 3 heterocycles. The summed E-state index contributed by atoms with van der Waals surface area (Å²) in [5.74, 6) is 0.0144. The second-order valence-electron chi connectivity index (χ2n) is 8.28. The quantitative estimate of drug-likeness (QED) is 0.682. The van der Waals surface area contributed by atoms with Gasteiger partial charge in [0.25, 0.3) is 5.56 Å². The molecule has 0 amide bonds. The van der Waals surface area contributed by atoms with Gasteiger partial charge < -0.3 is 20.0 Å². The number of H-pyrrole nitrogens is 1. The molecule has 0 saturated carbocycles. The lowest BCUT2D eigenvalue weighted by atomic mass is 10.2. The van der Waals surface area contributed by atoms with Crippen molar-refractivity contribution in [3.05, 3.63) is 16.7 Å². The summed E-state index contributed by atoms with van der Waals surface area (Å²) in [5.41, 5.74) is 5.76. The van der Waals surface area contributed by atoms with E-state index in [0.29, 0.717) is 18.7 Å². The van der Waals surface area contributed by atoms with Crippen LogP contribution in [0, 0.1) is 0 Å². The van der Waals surface area contributed by atoms with Crippen molar-refractivity contribution in [2.24, 2.45) is 0 Å². The molecule has 2 aromatic heterocycles. The van der Waals surface area contributed by atoms with Gasteiger partial charge in [-0.2, -0.15) is 4.98 Å². The number of nitrogens with two attached hydrogens (primary N) is 1. The maximum absolute atomic E-state index is 11.9. The summed E-state index contributed by atoms with van der Waals surface area (Å²) < 4.78 is 13.8. The second kappa shape index (κ2) is 6.45. The van der Waals surface area contributed by atoms with Crippen molar-refractivity contribution < 1.29 is 14.3 Å². The molecule has 0 bridgehead atoms. The maximum Gasteiger partial charge on any atom is 0.280 e. The number of hydrogen-bond acceptors (Lipinski definition) is 7. The summed E-state index contributed by atoms with van der Waals surface area (Å²) in [6.45, 7) is 11.1. The molecule has 0 spiro atoms. The van der Waals surface area contributed by atoms with Gasteiger partial charge in [0.2, 0.25) is 5.95 Å². The van der Waals surface area contributed by atoms with Crippen molar-refractivity contribution >= 4 is 25.4 Å². The van der Waals surface area contributed by atoms with Crippen LogP contribution in [0.2, 0.25) is 18.1 Å². The second-order valence-corrected chi connectivity index (χ2v) is 13.1. The summed E-state index contributed by atoms with van der Waals surface area (Å²) in [6, 6.07) is 0. The molecular formula is C16H27N5O4Si. The number of ether oxygens (including phenoxy) is 1. The Bertz CT molecular complexity index is 856. The number of imidazole rings is 1. The van der Waals surface area contributed by atoms with Crippen LogP contribution in [-0.4, -0.2) is 51.8 Å². The summed E-state index contributed by atoms with van der Waals surface area (Å²) in [4.78, 5) is 22.6.